The van der Waals surface area contributed by atoms with Gasteiger partial charge in [0.1, 0.15) is 11.8 Å². The minimum Gasteiger partial charge on any atom is -0.482 e. The van der Waals surface area contributed by atoms with Crippen LogP contribution in [0.4, 0.5) is 5.69 Å². The fourth-order valence-electron chi connectivity index (χ4n) is 4.81. The van der Waals surface area contributed by atoms with Gasteiger partial charge in [-0.25, -0.2) is 8.42 Å². The SMILES string of the molecule is Cc1cc2c(cc1S(=O)(=O)N1CCC[C@H]1C(=O)NC1CCCCCCC1)OCC(=O)N2. The highest BCUT2D eigenvalue weighted by molar-refractivity contribution is 7.89. The number of carbonyl (C=O) groups excluding carboxylic acids is 2. The van der Waals surface area contributed by atoms with Gasteiger partial charge in [-0.1, -0.05) is 32.1 Å². The molecule has 1 aliphatic carbocycles. The standard InChI is InChI=1S/C22H31N3O5S/c1-15-12-17-19(30-14-21(26)24-17)13-20(15)31(28,29)25-11-7-10-18(25)22(27)23-16-8-5-3-2-4-6-9-16/h12-13,16,18H,2-11,14H2,1H3,(H,23,27)(H,24,26)/t18-/m0/s1. The molecule has 1 saturated heterocycles. The summed E-state index contributed by atoms with van der Waals surface area (Å²) in [5, 5.41) is 5.83. The number of nitrogens with one attached hydrogen (secondary N) is 2. The van der Waals surface area contributed by atoms with Crippen molar-refractivity contribution in [3.63, 3.8) is 0 Å². The zero-order valence-corrected chi connectivity index (χ0v) is 18.8. The Labute approximate surface area is 183 Å². The Balaban J connectivity index is 1.53. The molecule has 1 aromatic carbocycles. The molecule has 3 aliphatic rings. The smallest absolute Gasteiger partial charge is 0.262 e. The molecule has 8 nitrogen and oxygen atoms in total. The molecule has 0 bridgehead atoms. The minimum atomic E-state index is -3.88. The van der Waals surface area contributed by atoms with E-state index < -0.39 is 16.1 Å². The second-order valence-corrected chi connectivity index (χ2v) is 10.6. The number of hydrogen-bond acceptors (Lipinski definition) is 5. The zero-order valence-electron chi connectivity index (χ0n) is 18.0. The van der Waals surface area contributed by atoms with Crippen LogP contribution in [0.3, 0.4) is 0 Å². The molecule has 2 aliphatic heterocycles. The zero-order chi connectivity index (χ0) is 22.0. The van der Waals surface area contributed by atoms with E-state index in [1.165, 1.54) is 29.6 Å². The molecule has 2 fully saturated rings. The number of ether oxygens (including phenoxy) is 1. The quantitative estimate of drug-likeness (QED) is 0.735. The van der Waals surface area contributed by atoms with E-state index in [1.54, 1.807) is 13.0 Å². The van der Waals surface area contributed by atoms with Gasteiger partial charge >= 0.3 is 0 Å². The number of sulfonamides is 1. The second kappa shape index (κ2) is 9.16. The Morgan fingerprint density at radius 1 is 1.10 bits per heavy atom. The Kier molecular flexibility index (Phi) is 6.52. The number of aryl methyl sites for hydroxylation is 1. The van der Waals surface area contributed by atoms with Crippen molar-refractivity contribution in [1.29, 1.82) is 0 Å². The van der Waals surface area contributed by atoms with E-state index in [4.69, 9.17) is 4.74 Å². The third-order valence-electron chi connectivity index (χ3n) is 6.45. The predicted octanol–water partition coefficient (Wildman–Crippen LogP) is 2.71. The first-order valence-corrected chi connectivity index (χ1v) is 12.7. The van der Waals surface area contributed by atoms with Crippen LogP contribution in [0.2, 0.25) is 0 Å². The molecule has 1 saturated carbocycles. The number of anilines is 1. The van der Waals surface area contributed by atoms with Gasteiger partial charge in [0, 0.05) is 18.7 Å². The molecule has 2 heterocycles. The van der Waals surface area contributed by atoms with Crippen LogP contribution in [0.25, 0.3) is 0 Å². The van der Waals surface area contributed by atoms with Crippen molar-refractivity contribution in [3.8, 4) is 5.75 Å². The van der Waals surface area contributed by atoms with Crippen LogP contribution in [0, 0.1) is 6.92 Å². The minimum absolute atomic E-state index is 0.119. The summed E-state index contributed by atoms with van der Waals surface area (Å²) >= 11 is 0. The Morgan fingerprint density at radius 3 is 2.55 bits per heavy atom. The Hall–Kier alpha value is -2.13. The number of carbonyl (C=O) groups is 2. The normalized spacial score (nSPS) is 23.3. The van der Waals surface area contributed by atoms with Crippen LogP contribution in [-0.2, 0) is 19.6 Å². The van der Waals surface area contributed by atoms with Gasteiger partial charge in [0.15, 0.2) is 6.61 Å². The van der Waals surface area contributed by atoms with Gasteiger partial charge in [-0.15, -0.1) is 0 Å². The highest BCUT2D eigenvalue weighted by atomic mass is 32.2. The highest BCUT2D eigenvalue weighted by Crippen LogP contribution is 2.36. The lowest BCUT2D eigenvalue weighted by Gasteiger charge is -2.28. The summed E-state index contributed by atoms with van der Waals surface area (Å²) < 4.78 is 33.8. The van der Waals surface area contributed by atoms with E-state index >= 15 is 0 Å². The van der Waals surface area contributed by atoms with Gasteiger partial charge in [0.25, 0.3) is 5.91 Å². The van der Waals surface area contributed by atoms with E-state index in [2.05, 4.69) is 10.6 Å². The summed E-state index contributed by atoms with van der Waals surface area (Å²) in [5.41, 5.74) is 0.975. The first-order valence-electron chi connectivity index (χ1n) is 11.3. The maximum atomic E-state index is 13.5. The Morgan fingerprint density at radius 2 is 1.81 bits per heavy atom. The lowest BCUT2D eigenvalue weighted by molar-refractivity contribution is -0.125. The van der Waals surface area contributed by atoms with Gasteiger partial charge in [-0.3, -0.25) is 9.59 Å². The molecule has 2 amide bonds. The highest BCUT2D eigenvalue weighted by Gasteiger charge is 2.41. The van der Waals surface area contributed by atoms with E-state index in [1.807, 2.05) is 0 Å². The molecule has 0 spiro atoms. The largest absolute Gasteiger partial charge is 0.482 e. The molecular weight excluding hydrogens is 418 g/mol. The van der Waals surface area contributed by atoms with E-state index in [9.17, 15) is 18.0 Å². The van der Waals surface area contributed by atoms with Crippen LogP contribution in [0.1, 0.15) is 63.4 Å². The Bertz CT molecular complexity index is 954. The summed E-state index contributed by atoms with van der Waals surface area (Å²) in [6, 6.07) is 2.51. The first-order chi connectivity index (χ1) is 14.9. The number of hydrogen-bond donors (Lipinski definition) is 2. The third-order valence-corrected chi connectivity index (χ3v) is 8.50. The van der Waals surface area contributed by atoms with Crippen LogP contribution in [-0.4, -0.2) is 49.8 Å². The van der Waals surface area contributed by atoms with Crippen molar-refractivity contribution in [3.05, 3.63) is 17.7 Å². The maximum Gasteiger partial charge on any atom is 0.262 e. The lowest BCUT2D eigenvalue weighted by atomic mass is 9.96. The molecule has 1 atom stereocenters. The van der Waals surface area contributed by atoms with Crippen molar-refractivity contribution in [2.75, 3.05) is 18.5 Å². The summed E-state index contributed by atoms with van der Waals surface area (Å²) in [7, 11) is -3.88. The molecule has 2 N–H and O–H groups in total. The molecule has 170 valence electrons. The fourth-order valence-corrected chi connectivity index (χ4v) is 6.69. The summed E-state index contributed by atoms with van der Waals surface area (Å²) in [6.07, 6.45) is 8.92. The average molecular weight is 450 g/mol. The van der Waals surface area contributed by atoms with Crippen LogP contribution >= 0.6 is 0 Å². The average Bonchev–Trinajstić information content (AvgIpc) is 3.20. The number of rotatable bonds is 4. The number of amides is 2. The van der Waals surface area contributed by atoms with Gasteiger partial charge in [-0.05, 0) is 44.2 Å². The molecule has 31 heavy (non-hydrogen) atoms. The van der Waals surface area contributed by atoms with E-state index in [0.29, 0.717) is 36.4 Å². The van der Waals surface area contributed by atoms with E-state index in [-0.39, 0.29) is 29.4 Å². The van der Waals surface area contributed by atoms with Crippen molar-refractivity contribution in [2.24, 2.45) is 0 Å². The summed E-state index contributed by atoms with van der Waals surface area (Å²) in [6.45, 7) is 1.86. The van der Waals surface area contributed by atoms with Crippen LogP contribution < -0.4 is 15.4 Å². The van der Waals surface area contributed by atoms with Crippen LogP contribution in [0.5, 0.6) is 5.75 Å². The number of nitrogens with zero attached hydrogens (tertiary/aromatic N) is 1. The molecule has 4 rings (SSSR count). The molecule has 0 radical (unpaired) electrons. The predicted molar refractivity (Wildman–Crippen MR) is 116 cm³/mol. The fraction of sp³-hybridized carbons (Fsp3) is 0.636. The molecule has 1 aromatic rings. The van der Waals surface area contributed by atoms with Gasteiger partial charge in [0.2, 0.25) is 15.9 Å². The lowest BCUT2D eigenvalue weighted by Crippen LogP contribution is -2.49. The molecule has 0 aromatic heterocycles. The molecule has 9 heteroatoms. The molecule has 0 unspecified atom stereocenters. The van der Waals surface area contributed by atoms with Gasteiger partial charge < -0.3 is 15.4 Å². The first kappa shape index (κ1) is 22.1. The number of benzene rings is 1. The van der Waals surface area contributed by atoms with E-state index in [0.717, 1.165) is 25.7 Å². The summed E-state index contributed by atoms with van der Waals surface area (Å²) in [4.78, 5) is 24.7. The van der Waals surface area contributed by atoms with Crippen molar-refractivity contribution in [1.82, 2.24) is 9.62 Å². The topological polar surface area (TPSA) is 105 Å². The molecular formula is C22H31N3O5S. The van der Waals surface area contributed by atoms with Gasteiger partial charge in [0.05, 0.1) is 10.6 Å². The second-order valence-electron chi connectivity index (χ2n) is 8.78. The van der Waals surface area contributed by atoms with Gasteiger partial charge in [-0.2, -0.15) is 4.31 Å². The van der Waals surface area contributed by atoms with Crippen molar-refractivity contribution in [2.45, 2.75) is 81.7 Å². The third kappa shape index (κ3) is 4.72. The monoisotopic (exact) mass is 449 g/mol. The van der Waals surface area contributed by atoms with Crippen molar-refractivity contribution < 1.29 is 22.7 Å². The summed E-state index contributed by atoms with van der Waals surface area (Å²) in [5.74, 6) is -0.128. The maximum absolute atomic E-state index is 13.5. The van der Waals surface area contributed by atoms with Crippen LogP contribution in [0.15, 0.2) is 17.0 Å². The number of fused-ring (bicyclic) bond motifs is 1. The van der Waals surface area contributed by atoms with Crippen molar-refractivity contribution >= 4 is 27.5 Å².